The predicted octanol–water partition coefficient (Wildman–Crippen LogP) is 2.50. The van der Waals surface area contributed by atoms with Crippen molar-refractivity contribution in [3.05, 3.63) is 57.7 Å². The first-order chi connectivity index (χ1) is 11.9. The maximum absolute atomic E-state index is 12.1. The lowest BCUT2D eigenvalue weighted by Gasteiger charge is -2.16. The predicted molar refractivity (Wildman–Crippen MR) is 99.2 cm³/mol. The third-order valence-corrected chi connectivity index (χ3v) is 3.90. The number of hydrogen-bond acceptors (Lipinski definition) is 4. The normalized spacial score (nSPS) is 10.2. The van der Waals surface area contributed by atoms with Crippen molar-refractivity contribution in [1.82, 2.24) is 15.6 Å². The highest BCUT2D eigenvalue weighted by atomic mass is 35.5. The molecule has 6 nitrogen and oxygen atoms in total. The largest absolute Gasteiger partial charge is 0.362 e. The summed E-state index contributed by atoms with van der Waals surface area (Å²) in [6.45, 7) is 0.160. The maximum atomic E-state index is 12.1. The van der Waals surface area contributed by atoms with Crippen molar-refractivity contribution in [2.45, 2.75) is 6.54 Å². The molecule has 1 heterocycles. The Bertz CT molecular complexity index is 781. The number of nitrogens with one attached hydrogen (secondary N) is 2. The lowest BCUT2D eigenvalue weighted by molar-refractivity contribution is -0.120. The molecule has 0 saturated heterocycles. The lowest BCUT2D eigenvalue weighted by Crippen LogP contribution is -2.37. The van der Waals surface area contributed by atoms with E-state index in [1.807, 2.05) is 25.1 Å². The van der Waals surface area contributed by atoms with Crippen LogP contribution < -0.4 is 15.5 Å². The van der Waals surface area contributed by atoms with Crippen LogP contribution in [0.25, 0.3) is 0 Å². The Morgan fingerprint density at radius 2 is 1.92 bits per heavy atom. The minimum atomic E-state index is -0.438. The zero-order valence-corrected chi connectivity index (χ0v) is 15.4. The van der Waals surface area contributed by atoms with Gasteiger partial charge in [-0.2, -0.15) is 0 Å². The fourth-order valence-corrected chi connectivity index (χ4v) is 2.65. The SMILES string of the molecule is CN(C)c1ncccc1CNC(=O)CNC(=O)c1ccc(Cl)cc1Cl. The van der Waals surface area contributed by atoms with E-state index in [9.17, 15) is 9.59 Å². The molecule has 0 aliphatic rings. The zero-order valence-electron chi connectivity index (χ0n) is 13.8. The number of carbonyl (C=O) groups excluding carboxylic acids is 2. The van der Waals surface area contributed by atoms with Gasteiger partial charge in [-0.15, -0.1) is 0 Å². The molecule has 25 heavy (non-hydrogen) atoms. The minimum absolute atomic E-state index is 0.157. The smallest absolute Gasteiger partial charge is 0.253 e. The van der Waals surface area contributed by atoms with Crippen LogP contribution in [0.15, 0.2) is 36.5 Å². The van der Waals surface area contributed by atoms with Gasteiger partial charge in [-0.1, -0.05) is 29.3 Å². The molecule has 0 atom stereocenters. The molecule has 2 N–H and O–H groups in total. The summed E-state index contributed by atoms with van der Waals surface area (Å²) in [7, 11) is 3.76. The van der Waals surface area contributed by atoms with Crippen molar-refractivity contribution in [1.29, 1.82) is 0 Å². The van der Waals surface area contributed by atoms with E-state index in [1.165, 1.54) is 12.1 Å². The molecule has 0 radical (unpaired) electrons. The Morgan fingerprint density at radius 3 is 2.60 bits per heavy atom. The topological polar surface area (TPSA) is 74.3 Å². The van der Waals surface area contributed by atoms with Crippen molar-refractivity contribution in [3.8, 4) is 0 Å². The third kappa shape index (κ3) is 5.34. The van der Waals surface area contributed by atoms with Gasteiger partial charge in [-0.05, 0) is 24.3 Å². The Hall–Kier alpha value is -2.31. The number of anilines is 1. The van der Waals surface area contributed by atoms with Crippen molar-refractivity contribution in [2.24, 2.45) is 0 Å². The summed E-state index contributed by atoms with van der Waals surface area (Å²) in [5.74, 6) is 0.0268. The van der Waals surface area contributed by atoms with E-state index < -0.39 is 5.91 Å². The van der Waals surface area contributed by atoms with Crippen LogP contribution in [0.3, 0.4) is 0 Å². The van der Waals surface area contributed by atoms with Crippen molar-refractivity contribution in [3.63, 3.8) is 0 Å². The first-order valence-electron chi connectivity index (χ1n) is 7.49. The van der Waals surface area contributed by atoms with E-state index in [4.69, 9.17) is 23.2 Å². The van der Waals surface area contributed by atoms with Gasteiger partial charge in [0.2, 0.25) is 5.91 Å². The van der Waals surface area contributed by atoms with E-state index in [0.29, 0.717) is 11.6 Å². The van der Waals surface area contributed by atoms with Crippen LogP contribution >= 0.6 is 23.2 Å². The van der Waals surface area contributed by atoms with E-state index in [0.717, 1.165) is 11.4 Å². The molecule has 2 rings (SSSR count). The van der Waals surface area contributed by atoms with Crippen molar-refractivity contribution < 1.29 is 9.59 Å². The molecule has 0 bridgehead atoms. The molecule has 0 fully saturated rings. The van der Waals surface area contributed by atoms with E-state index in [2.05, 4.69) is 15.6 Å². The number of halogens is 2. The standard InChI is InChI=1S/C17H18Cl2N4O2/c1-23(2)16-11(4-3-7-20-16)9-21-15(24)10-22-17(25)13-6-5-12(18)8-14(13)19/h3-8H,9-10H2,1-2H3,(H,21,24)(H,22,25). The molecular formula is C17H18Cl2N4O2. The van der Waals surface area contributed by atoms with E-state index in [1.54, 1.807) is 18.3 Å². The number of rotatable bonds is 6. The highest BCUT2D eigenvalue weighted by Gasteiger charge is 2.12. The highest BCUT2D eigenvalue weighted by molar-refractivity contribution is 6.36. The summed E-state index contributed by atoms with van der Waals surface area (Å²) in [5, 5.41) is 5.95. The molecule has 0 unspecified atom stereocenters. The average Bonchev–Trinajstić information content (AvgIpc) is 2.58. The average molecular weight is 381 g/mol. The Balaban J connectivity index is 1.88. The van der Waals surface area contributed by atoms with Crippen LogP contribution in [-0.2, 0) is 11.3 Å². The number of hydrogen-bond donors (Lipinski definition) is 2. The van der Waals surface area contributed by atoms with Crippen LogP contribution in [0.2, 0.25) is 10.0 Å². The number of nitrogens with zero attached hydrogens (tertiary/aromatic N) is 2. The Morgan fingerprint density at radius 1 is 1.16 bits per heavy atom. The molecule has 2 aromatic rings. The van der Waals surface area contributed by atoms with Crippen LogP contribution in [0.5, 0.6) is 0 Å². The monoisotopic (exact) mass is 380 g/mol. The quantitative estimate of drug-likeness (QED) is 0.807. The lowest BCUT2D eigenvalue weighted by atomic mass is 10.2. The summed E-state index contributed by atoms with van der Waals surface area (Å²) in [4.78, 5) is 30.2. The summed E-state index contributed by atoms with van der Waals surface area (Å²) in [6, 6.07) is 8.24. The van der Waals surface area contributed by atoms with Crippen LogP contribution in [0.4, 0.5) is 5.82 Å². The molecule has 0 saturated carbocycles. The first-order valence-corrected chi connectivity index (χ1v) is 8.25. The van der Waals surface area contributed by atoms with Gasteiger partial charge in [0, 0.05) is 37.4 Å². The second-order valence-corrected chi connectivity index (χ2v) is 6.31. The molecule has 0 aliphatic carbocycles. The van der Waals surface area contributed by atoms with Gasteiger partial charge in [0.05, 0.1) is 17.1 Å². The Labute approximate surface area is 156 Å². The number of aromatic nitrogens is 1. The minimum Gasteiger partial charge on any atom is -0.362 e. The summed E-state index contributed by atoms with van der Waals surface area (Å²) in [5.41, 5.74) is 1.15. The molecule has 0 spiro atoms. The van der Waals surface area contributed by atoms with Gasteiger partial charge in [-0.25, -0.2) is 4.98 Å². The van der Waals surface area contributed by atoms with Gasteiger partial charge < -0.3 is 15.5 Å². The number of pyridine rings is 1. The van der Waals surface area contributed by atoms with E-state index >= 15 is 0 Å². The number of amides is 2. The Kier molecular flexibility index (Phi) is 6.61. The van der Waals surface area contributed by atoms with Crippen molar-refractivity contribution >= 4 is 40.8 Å². The van der Waals surface area contributed by atoms with Gasteiger partial charge >= 0.3 is 0 Å². The summed E-state index contributed by atoms with van der Waals surface area (Å²) < 4.78 is 0. The fourth-order valence-electron chi connectivity index (χ4n) is 2.16. The maximum Gasteiger partial charge on any atom is 0.253 e. The number of benzene rings is 1. The molecule has 0 aliphatic heterocycles. The van der Waals surface area contributed by atoms with Crippen LogP contribution in [-0.4, -0.2) is 37.4 Å². The molecule has 1 aromatic carbocycles. The van der Waals surface area contributed by atoms with E-state index in [-0.39, 0.29) is 23.0 Å². The molecular weight excluding hydrogens is 363 g/mol. The molecule has 132 valence electrons. The molecule has 2 amide bonds. The third-order valence-electron chi connectivity index (χ3n) is 3.35. The van der Waals surface area contributed by atoms with Crippen molar-refractivity contribution in [2.75, 3.05) is 25.5 Å². The second kappa shape index (κ2) is 8.69. The zero-order chi connectivity index (χ0) is 18.4. The summed E-state index contributed by atoms with van der Waals surface area (Å²) >= 11 is 11.8. The highest BCUT2D eigenvalue weighted by Crippen LogP contribution is 2.20. The van der Waals surface area contributed by atoms with Gasteiger partial charge in [-0.3, -0.25) is 9.59 Å². The summed E-state index contributed by atoms with van der Waals surface area (Å²) in [6.07, 6.45) is 1.69. The van der Waals surface area contributed by atoms with Gasteiger partial charge in [0.15, 0.2) is 0 Å². The molecule has 8 heteroatoms. The second-order valence-electron chi connectivity index (χ2n) is 5.46. The first kappa shape index (κ1) is 19.0. The van der Waals surface area contributed by atoms with Gasteiger partial charge in [0.25, 0.3) is 5.91 Å². The molecule has 1 aromatic heterocycles. The fraction of sp³-hybridized carbons (Fsp3) is 0.235. The van der Waals surface area contributed by atoms with Gasteiger partial charge in [0.1, 0.15) is 5.82 Å². The van der Waals surface area contributed by atoms with Crippen LogP contribution in [0, 0.1) is 0 Å². The number of carbonyl (C=O) groups is 2. The van der Waals surface area contributed by atoms with Crippen LogP contribution in [0.1, 0.15) is 15.9 Å².